The van der Waals surface area contributed by atoms with E-state index in [4.69, 9.17) is 13.8 Å². The summed E-state index contributed by atoms with van der Waals surface area (Å²) in [7, 11) is -1.25. The average Bonchev–Trinajstić information content (AvgIpc) is 2.49. The van der Waals surface area contributed by atoms with E-state index in [0.717, 1.165) is 6.42 Å². The maximum absolute atomic E-state index is 12.2. The summed E-state index contributed by atoms with van der Waals surface area (Å²) in [5.41, 5.74) is 0.870. The third-order valence-electron chi connectivity index (χ3n) is 2.88. The first-order valence-electron chi connectivity index (χ1n) is 7.48. The van der Waals surface area contributed by atoms with E-state index in [-0.39, 0.29) is 11.6 Å². The third-order valence-corrected chi connectivity index (χ3v) is 4.88. The van der Waals surface area contributed by atoms with E-state index in [9.17, 15) is 4.79 Å². The summed E-state index contributed by atoms with van der Waals surface area (Å²) < 4.78 is 16.5. The SMILES string of the molecule is CCOC(=O)C(CCc1ccccc1)P(OCC)OCC. The van der Waals surface area contributed by atoms with Crippen molar-refractivity contribution in [2.75, 3.05) is 19.8 Å². The Hall–Kier alpha value is -0.960. The van der Waals surface area contributed by atoms with Crippen LogP contribution in [0.4, 0.5) is 0 Å². The number of carbonyl (C=O) groups is 1. The number of hydrogen-bond acceptors (Lipinski definition) is 4. The molecule has 118 valence electrons. The van der Waals surface area contributed by atoms with Crippen LogP contribution in [-0.2, 0) is 25.0 Å². The second-order valence-electron chi connectivity index (χ2n) is 4.41. The first-order chi connectivity index (χ1) is 10.2. The van der Waals surface area contributed by atoms with Gasteiger partial charge >= 0.3 is 5.97 Å². The standard InChI is InChI=1S/C16H25O4P/c1-4-18-16(17)15(21(19-5-2)20-6-3)13-12-14-10-8-7-9-11-14/h7-11,15H,4-6,12-13H2,1-3H3. The van der Waals surface area contributed by atoms with Gasteiger partial charge in [-0.15, -0.1) is 0 Å². The van der Waals surface area contributed by atoms with Gasteiger partial charge in [-0.2, -0.15) is 0 Å². The second-order valence-corrected chi connectivity index (χ2v) is 6.12. The highest BCUT2D eigenvalue weighted by Crippen LogP contribution is 2.46. The van der Waals surface area contributed by atoms with Crippen LogP contribution in [0.15, 0.2) is 30.3 Å². The monoisotopic (exact) mass is 312 g/mol. The van der Waals surface area contributed by atoms with Gasteiger partial charge < -0.3 is 13.8 Å². The lowest BCUT2D eigenvalue weighted by atomic mass is 10.1. The van der Waals surface area contributed by atoms with Crippen molar-refractivity contribution in [3.05, 3.63) is 35.9 Å². The fourth-order valence-electron chi connectivity index (χ4n) is 1.97. The summed E-state index contributed by atoms with van der Waals surface area (Å²) in [6.45, 7) is 7.08. The van der Waals surface area contributed by atoms with Crippen molar-refractivity contribution in [1.82, 2.24) is 0 Å². The summed E-state index contributed by atoms with van der Waals surface area (Å²) >= 11 is 0. The summed E-state index contributed by atoms with van der Waals surface area (Å²) in [6, 6.07) is 10.1. The zero-order chi connectivity index (χ0) is 15.5. The van der Waals surface area contributed by atoms with Gasteiger partial charge in [0.05, 0.1) is 19.8 Å². The van der Waals surface area contributed by atoms with Gasteiger partial charge in [0, 0.05) is 0 Å². The molecule has 21 heavy (non-hydrogen) atoms. The van der Waals surface area contributed by atoms with E-state index in [1.165, 1.54) is 5.56 Å². The molecule has 1 aromatic rings. The molecule has 0 saturated heterocycles. The molecule has 5 heteroatoms. The Morgan fingerprint density at radius 3 is 2.19 bits per heavy atom. The van der Waals surface area contributed by atoms with E-state index in [0.29, 0.717) is 26.2 Å². The minimum Gasteiger partial charge on any atom is -0.465 e. The minimum atomic E-state index is -1.25. The Balaban J connectivity index is 2.72. The number of benzene rings is 1. The van der Waals surface area contributed by atoms with Gasteiger partial charge in [-0.25, -0.2) is 0 Å². The van der Waals surface area contributed by atoms with Crippen LogP contribution in [0.1, 0.15) is 32.8 Å². The van der Waals surface area contributed by atoms with E-state index in [1.807, 2.05) is 39.0 Å². The van der Waals surface area contributed by atoms with Crippen molar-refractivity contribution in [2.24, 2.45) is 0 Å². The lowest BCUT2D eigenvalue weighted by Crippen LogP contribution is -2.24. The quantitative estimate of drug-likeness (QED) is 0.485. The molecule has 0 radical (unpaired) electrons. The summed E-state index contributed by atoms with van der Waals surface area (Å²) in [6.07, 6.45) is 1.48. The highest BCUT2D eigenvalue weighted by Gasteiger charge is 2.31. The van der Waals surface area contributed by atoms with Gasteiger partial charge in [-0.3, -0.25) is 4.79 Å². The highest BCUT2D eigenvalue weighted by atomic mass is 31.2. The predicted octanol–water partition coefficient (Wildman–Crippen LogP) is 3.94. The first-order valence-corrected chi connectivity index (χ1v) is 8.73. The Labute approximate surface area is 128 Å². The van der Waals surface area contributed by atoms with Gasteiger partial charge in [0.2, 0.25) is 0 Å². The summed E-state index contributed by atoms with van der Waals surface area (Å²) in [5.74, 6) is -0.221. The van der Waals surface area contributed by atoms with Gasteiger partial charge in [0.1, 0.15) is 5.66 Å². The van der Waals surface area contributed by atoms with Crippen molar-refractivity contribution in [3.63, 3.8) is 0 Å². The maximum atomic E-state index is 12.2. The van der Waals surface area contributed by atoms with Crippen molar-refractivity contribution < 1.29 is 18.6 Å². The van der Waals surface area contributed by atoms with Gasteiger partial charge in [0.15, 0.2) is 8.38 Å². The van der Waals surface area contributed by atoms with Crippen LogP contribution in [0.2, 0.25) is 0 Å². The third kappa shape index (κ3) is 6.56. The molecular weight excluding hydrogens is 287 g/mol. The topological polar surface area (TPSA) is 44.8 Å². The Bertz CT molecular complexity index is 391. The number of rotatable bonds is 10. The van der Waals surface area contributed by atoms with E-state index in [2.05, 4.69) is 12.1 Å². The maximum Gasteiger partial charge on any atom is 0.318 e. The zero-order valence-corrected chi connectivity index (χ0v) is 14.0. The number of ether oxygens (including phenoxy) is 1. The molecule has 0 amide bonds. The smallest absolute Gasteiger partial charge is 0.318 e. The molecule has 1 atom stereocenters. The molecule has 4 nitrogen and oxygen atoms in total. The molecule has 0 aliphatic rings. The highest BCUT2D eigenvalue weighted by molar-refractivity contribution is 7.49. The van der Waals surface area contributed by atoms with Crippen LogP contribution in [0.25, 0.3) is 0 Å². The lowest BCUT2D eigenvalue weighted by molar-refractivity contribution is -0.143. The normalized spacial score (nSPS) is 12.4. The number of hydrogen-bond donors (Lipinski definition) is 0. The van der Waals surface area contributed by atoms with Crippen LogP contribution in [-0.4, -0.2) is 31.4 Å². The fourth-order valence-corrected chi connectivity index (χ4v) is 3.50. The van der Waals surface area contributed by atoms with Crippen LogP contribution < -0.4 is 0 Å². The van der Waals surface area contributed by atoms with E-state index >= 15 is 0 Å². The average molecular weight is 312 g/mol. The second kappa shape index (κ2) is 10.7. The van der Waals surface area contributed by atoms with Crippen LogP contribution >= 0.6 is 8.38 Å². The molecule has 0 bridgehead atoms. The zero-order valence-electron chi connectivity index (χ0n) is 13.1. The molecule has 0 aliphatic heterocycles. The van der Waals surface area contributed by atoms with Crippen molar-refractivity contribution in [2.45, 2.75) is 39.3 Å². The summed E-state index contributed by atoms with van der Waals surface area (Å²) in [4.78, 5) is 12.2. The molecule has 0 saturated carbocycles. The molecule has 0 aliphatic carbocycles. The number of aryl methyl sites for hydroxylation is 1. The van der Waals surface area contributed by atoms with E-state index < -0.39 is 8.38 Å². The molecule has 0 heterocycles. The van der Waals surface area contributed by atoms with Crippen LogP contribution in [0.5, 0.6) is 0 Å². The Morgan fingerprint density at radius 1 is 1.05 bits per heavy atom. The molecule has 1 rings (SSSR count). The molecule has 0 spiro atoms. The predicted molar refractivity (Wildman–Crippen MR) is 85.4 cm³/mol. The van der Waals surface area contributed by atoms with Crippen molar-refractivity contribution in [1.29, 1.82) is 0 Å². The van der Waals surface area contributed by atoms with Crippen molar-refractivity contribution in [3.8, 4) is 0 Å². The molecule has 1 aromatic carbocycles. The Kier molecular flexibility index (Phi) is 9.24. The molecule has 0 N–H and O–H groups in total. The van der Waals surface area contributed by atoms with Crippen LogP contribution in [0, 0.1) is 0 Å². The molecular formula is C16H25O4P. The molecule has 0 aromatic heterocycles. The van der Waals surface area contributed by atoms with Gasteiger partial charge in [-0.05, 0) is 39.2 Å². The van der Waals surface area contributed by atoms with Crippen LogP contribution in [0.3, 0.4) is 0 Å². The largest absolute Gasteiger partial charge is 0.465 e. The number of carbonyl (C=O) groups excluding carboxylic acids is 1. The Morgan fingerprint density at radius 2 is 1.67 bits per heavy atom. The minimum absolute atomic E-state index is 0.221. The first kappa shape index (κ1) is 18.1. The molecule has 1 unspecified atom stereocenters. The van der Waals surface area contributed by atoms with Gasteiger partial charge in [0.25, 0.3) is 0 Å². The lowest BCUT2D eigenvalue weighted by Gasteiger charge is -2.24. The molecule has 0 fully saturated rings. The summed E-state index contributed by atoms with van der Waals surface area (Å²) in [5, 5.41) is 0. The fraction of sp³-hybridized carbons (Fsp3) is 0.562. The number of esters is 1. The van der Waals surface area contributed by atoms with Crippen molar-refractivity contribution >= 4 is 14.3 Å². The van der Waals surface area contributed by atoms with E-state index in [1.54, 1.807) is 0 Å². The van der Waals surface area contributed by atoms with Gasteiger partial charge in [-0.1, -0.05) is 30.3 Å².